The van der Waals surface area contributed by atoms with Gasteiger partial charge in [-0.15, -0.1) is 0 Å². The van der Waals surface area contributed by atoms with Gasteiger partial charge in [-0.3, -0.25) is 0 Å². The Hall–Kier alpha value is -1.00. The minimum atomic E-state index is 0.0280. The third-order valence-electron chi connectivity index (χ3n) is 1.57. The molecule has 1 rings (SSSR count). The highest BCUT2D eigenvalue weighted by Gasteiger charge is 2.07. The molecule has 0 aromatic heterocycles. The van der Waals surface area contributed by atoms with Gasteiger partial charge in [-0.2, -0.15) is 0 Å². The first-order chi connectivity index (χ1) is 5.75. The van der Waals surface area contributed by atoms with Crippen LogP contribution in [0.15, 0.2) is 24.3 Å². The highest BCUT2D eigenvalue weighted by molar-refractivity contribution is 7.44. The molecule has 0 fully saturated rings. The summed E-state index contributed by atoms with van der Waals surface area (Å²) < 4.78 is 0.394. The minimum absolute atomic E-state index is 0.0280. The maximum atomic E-state index is 10.8. The molecule has 0 aliphatic heterocycles. The molecule has 0 saturated heterocycles. The number of hydrogen-bond donors (Lipinski definition) is 1. The van der Waals surface area contributed by atoms with E-state index in [0.717, 1.165) is 5.56 Å². The van der Waals surface area contributed by atoms with Crippen LogP contribution in [-0.2, 0) is 18.8 Å². The first kappa shape index (κ1) is 9.09. The van der Waals surface area contributed by atoms with Gasteiger partial charge in [-0.25, -0.2) is 0 Å². The molecule has 1 aromatic carbocycles. The van der Waals surface area contributed by atoms with Crippen molar-refractivity contribution in [1.82, 2.24) is 0 Å². The quantitative estimate of drug-likeness (QED) is 0.563. The third kappa shape index (κ3) is 1.99. The van der Waals surface area contributed by atoms with Gasteiger partial charge in [0, 0.05) is 24.7 Å². The molecule has 0 unspecified atom stereocenters. The number of aliphatic hydroxyl groups excluding tert-OH is 1. The Balaban J connectivity index is 3.00. The van der Waals surface area contributed by atoms with E-state index in [4.69, 9.17) is 5.11 Å². The monoisotopic (exact) mass is 183 g/mol. The van der Waals surface area contributed by atoms with E-state index in [1.54, 1.807) is 18.2 Å². The van der Waals surface area contributed by atoms with Gasteiger partial charge in [0.15, 0.2) is 0 Å². The van der Waals surface area contributed by atoms with Crippen molar-refractivity contribution in [3.05, 3.63) is 35.0 Å². The molecule has 64 valence electrons. The Kier molecular flexibility index (Phi) is 3.13. The van der Waals surface area contributed by atoms with Crippen molar-refractivity contribution < 1.29 is 9.22 Å². The van der Waals surface area contributed by atoms with E-state index in [9.17, 15) is 5.21 Å². The fraction of sp³-hybridized carbons (Fsp3) is 0.250. The summed E-state index contributed by atoms with van der Waals surface area (Å²) in [7, 11) is 0. The minimum Gasteiger partial charge on any atom is -0.605 e. The molecule has 0 heterocycles. The van der Waals surface area contributed by atoms with Gasteiger partial charge in [-0.1, -0.05) is 22.3 Å². The summed E-state index contributed by atoms with van der Waals surface area (Å²) in [6.45, 7) is 0.0280. The van der Waals surface area contributed by atoms with Gasteiger partial charge < -0.3 is 10.3 Å². The lowest BCUT2D eigenvalue weighted by Gasteiger charge is -2.02. The molecule has 1 N–H and O–H groups in total. The van der Waals surface area contributed by atoms with Gasteiger partial charge in [0.25, 0.3) is 12.4 Å². The lowest BCUT2D eigenvalue weighted by molar-refractivity contribution is -0.326. The fourth-order valence-electron chi connectivity index (χ4n) is 1.02. The van der Waals surface area contributed by atoms with E-state index in [0.29, 0.717) is 16.2 Å². The molecular weight excluding hydrogens is 174 g/mol. The summed E-state index contributed by atoms with van der Waals surface area (Å²) in [5, 5.41) is 19.5. The molecule has 0 amide bonds. The zero-order valence-electron chi connectivity index (χ0n) is 6.43. The molecule has 3 nitrogen and oxygen atoms in total. The molecular formula is C8H9NO2S. The van der Waals surface area contributed by atoms with Crippen LogP contribution in [-0.4, -0.2) is 15.8 Å². The lowest BCUT2D eigenvalue weighted by atomic mass is 10.1. The fourth-order valence-corrected chi connectivity index (χ4v) is 1.20. The largest absolute Gasteiger partial charge is 0.605 e. The van der Waals surface area contributed by atoms with Crippen LogP contribution in [0.4, 0.5) is 5.69 Å². The van der Waals surface area contributed by atoms with Crippen LogP contribution < -0.4 is 0 Å². The SMILES string of the molecule is [O-][N+](=S)c1ccccc1CCO. The third-order valence-corrected chi connectivity index (χ3v) is 1.77. The second kappa shape index (κ2) is 4.13. The molecule has 0 aliphatic rings. The van der Waals surface area contributed by atoms with Crippen LogP contribution in [0.2, 0.25) is 0 Å². The second-order valence-corrected chi connectivity index (χ2v) is 2.69. The molecule has 0 aliphatic carbocycles. The average molecular weight is 183 g/mol. The van der Waals surface area contributed by atoms with Crippen molar-refractivity contribution in [3.63, 3.8) is 0 Å². The van der Waals surface area contributed by atoms with E-state index in [-0.39, 0.29) is 6.61 Å². The summed E-state index contributed by atoms with van der Waals surface area (Å²) >= 11 is 4.44. The van der Waals surface area contributed by atoms with Crippen molar-refractivity contribution in [2.24, 2.45) is 0 Å². The van der Waals surface area contributed by atoms with Crippen LogP contribution in [0.25, 0.3) is 0 Å². The highest BCUT2D eigenvalue weighted by Crippen LogP contribution is 2.17. The Morgan fingerprint density at radius 3 is 2.67 bits per heavy atom. The van der Waals surface area contributed by atoms with Gasteiger partial charge in [0.1, 0.15) is 0 Å². The van der Waals surface area contributed by atoms with Crippen LogP contribution in [0.3, 0.4) is 0 Å². The van der Waals surface area contributed by atoms with Crippen molar-refractivity contribution >= 4 is 18.1 Å². The smallest absolute Gasteiger partial charge is 0.284 e. The van der Waals surface area contributed by atoms with Crippen LogP contribution in [0, 0.1) is 5.21 Å². The first-order valence-corrected chi connectivity index (χ1v) is 3.95. The molecule has 0 bridgehead atoms. The molecule has 12 heavy (non-hydrogen) atoms. The van der Waals surface area contributed by atoms with Crippen molar-refractivity contribution in [2.75, 3.05) is 6.61 Å². The zero-order valence-corrected chi connectivity index (χ0v) is 7.25. The number of hydrogen-bond acceptors (Lipinski definition) is 3. The van der Waals surface area contributed by atoms with E-state index >= 15 is 0 Å². The van der Waals surface area contributed by atoms with Crippen LogP contribution in [0.1, 0.15) is 5.56 Å². The second-order valence-electron chi connectivity index (χ2n) is 2.36. The number of rotatable bonds is 3. The van der Waals surface area contributed by atoms with Crippen LogP contribution >= 0.6 is 0 Å². The first-order valence-electron chi connectivity index (χ1n) is 3.59. The summed E-state index contributed by atoms with van der Waals surface area (Å²) in [5.41, 5.74) is 1.23. The van der Waals surface area contributed by atoms with Gasteiger partial charge >= 0.3 is 0 Å². The van der Waals surface area contributed by atoms with Gasteiger partial charge in [0.05, 0.1) is 0 Å². The Morgan fingerprint density at radius 1 is 1.42 bits per heavy atom. The van der Waals surface area contributed by atoms with Crippen LogP contribution in [0.5, 0.6) is 0 Å². The molecule has 0 radical (unpaired) electrons. The average Bonchev–Trinajstić information content (AvgIpc) is 2.05. The Bertz CT molecular complexity index is 288. The highest BCUT2D eigenvalue weighted by atomic mass is 32.1. The Labute approximate surface area is 76.0 Å². The summed E-state index contributed by atoms with van der Waals surface area (Å²) in [6.07, 6.45) is 0.464. The topological polar surface area (TPSA) is 46.3 Å². The summed E-state index contributed by atoms with van der Waals surface area (Å²) in [6, 6.07) is 6.98. The predicted octanol–water partition coefficient (Wildman–Crippen LogP) is 1.09. The molecule has 0 atom stereocenters. The maximum Gasteiger partial charge on any atom is 0.284 e. The van der Waals surface area contributed by atoms with E-state index < -0.39 is 0 Å². The van der Waals surface area contributed by atoms with Crippen molar-refractivity contribution in [3.8, 4) is 0 Å². The van der Waals surface area contributed by atoms with E-state index in [1.807, 2.05) is 6.07 Å². The molecule has 0 spiro atoms. The molecule has 1 aromatic rings. The zero-order chi connectivity index (χ0) is 8.97. The van der Waals surface area contributed by atoms with Crippen molar-refractivity contribution in [2.45, 2.75) is 6.42 Å². The number of aliphatic hydroxyl groups is 1. The standard InChI is InChI=1S/C8H9NO2S/c10-6-5-7-3-1-2-4-8(7)9(11)12/h1-4,10H,5-6H2. The van der Waals surface area contributed by atoms with E-state index in [2.05, 4.69) is 12.4 Å². The Morgan fingerprint density at radius 2 is 2.08 bits per heavy atom. The molecule has 4 heteroatoms. The summed E-state index contributed by atoms with van der Waals surface area (Å²) in [5.74, 6) is 0. The van der Waals surface area contributed by atoms with Gasteiger partial charge in [-0.05, 0) is 0 Å². The maximum absolute atomic E-state index is 10.8. The number of nitrogens with zero attached hydrogens (tertiary/aromatic N) is 1. The number of benzene rings is 1. The number of para-hydroxylation sites is 1. The predicted molar refractivity (Wildman–Crippen MR) is 47.9 cm³/mol. The van der Waals surface area contributed by atoms with Gasteiger partial charge in [0.2, 0.25) is 5.69 Å². The normalized spacial score (nSPS) is 9.75. The van der Waals surface area contributed by atoms with Crippen molar-refractivity contribution in [1.29, 1.82) is 0 Å². The van der Waals surface area contributed by atoms with E-state index in [1.165, 1.54) is 0 Å². The summed E-state index contributed by atoms with van der Waals surface area (Å²) in [4.78, 5) is 0. The lowest BCUT2D eigenvalue weighted by Crippen LogP contribution is -1.97. The molecule has 0 saturated carbocycles.